The van der Waals surface area contributed by atoms with Crippen LogP contribution in [0, 0.1) is 11.3 Å². The summed E-state index contributed by atoms with van der Waals surface area (Å²) in [6, 6.07) is 2.07. The predicted octanol–water partition coefficient (Wildman–Crippen LogP) is -0.281. The molecule has 1 fully saturated rings. The van der Waals surface area contributed by atoms with Crippen molar-refractivity contribution in [1.82, 2.24) is 10.2 Å². The maximum atomic E-state index is 11.2. The molecule has 12 heavy (non-hydrogen) atoms. The van der Waals surface area contributed by atoms with Crippen molar-refractivity contribution >= 4 is 5.91 Å². The molecule has 0 spiro atoms. The number of amides is 1. The number of carbonyl (C=O) groups excluding carboxylic acids is 1. The Labute approximate surface area is 72.2 Å². The summed E-state index contributed by atoms with van der Waals surface area (Å²) in [5.41, 5.74) is 0. The highest BCUT2D eigenvalue weighted by molar-refractivity contribution is 5.82. The summed E-state index contributed by atoms with van der Waals surface area (Å²) in [7, 11) is 1.88. The Morgan fingerprint density at radius 2 is 2.50 bits per heavy atom. The van der Waals surface area contributed by atoms with Crippen LogP contribution in [-0.4, -0.2) is 36.5 Å². The number of piperazine rings is 1. The fourth-order valence-corrected chi connectivity index (χ4v) is 1.33. The highest BCUT2D eigenvalue weighted by Crippen LogP contribution is 2.10. The maximum Gasteiger partial charge on any atom is 0.238 e. The zero-order valence-corrected chi connectivity index (χ0v) is 7.37. The molecule has 0 radical (unpaired) electrons. The molecule has 1 N–H and O–H groups in total. The topological polar surface area (TPSA) is 56.1 Å². The Morgan fingerprint density at radius 3 is 3.08 bits per heavy atom. The summed E-state index contributed by atoms with van der Waals surface area (Å²) in [6.45, 7) is 2.71. The summed E-state index contributed by atoms with van der Waals surface area (Å²) in [4.78, 5) is 13.2. The lowest BCUT2D eigenvalue weighted by molar-refractivity contribution is -0.129. The van der Waals surface area contributed by atoms with Crippen molar-refractivity contribution in [1.29, 1.82) is 5.26 Å². The van der Waals surface area contributed by atoms with E-state index in [9.17, 15) is 4.79 Å². The van der Waals surface area contributed by atoms with Crippen LogP contribution >= 0.6 is 0 Å². The van der Waals surface area contributed by atoms with Gasteiger partial charge < -0.3 is 5.32 Å². The third-order valence-electron chi connectivity index (χ3n) is 2.35. The maximum absolute atomic E-state index is 11.2. The zero-order valence-electron chi connectivity index (χ0n) is 7.37. The van der Waals surface area contributed by atoms with Crippen molar-refractivity contribution in [3.8, 4) is 6.07 Å². The monoisotopic (exact) mass is 167 g/mol. The average molecular weight is 167 g/mol. The van der Waals surface area contributed by atoms with E-state index in [1.807, 2.05) is 24.9 Å². The van der Waals surface area contributed by atoms with E-state index < -0.39 is 0 Å². The Morgan fingerprint density at radius 1 is 1.83 bits per heavy atom. The third-order valence-corrected chi connectivity index (χ3v) is 2.35. The van der Waals surface area contributed by atoms with Crippen LogP contribution in [0.4, 0.5) is 0 Å². The van der Waals surface area contributed by atoms with E-state index in [4.69, 9.17) is 5.26 Å². The van der Waals surface area contributed by atoms with Crippen LogP contribution in [-0.2, 0) is 4.79 Å². The molecule has 0 aliphatic carbocycles. The number of nitriles is 1. The summed E-state index contributed by atoms with van der Waals surface area (Å²) < 4.78 is 0. The van der Waals surface area contributed by atoms with Gasteiger partial charge in [0.25, 0.3) is 0 Å². The molecule has 2 atom stereocenters. The van der Waals surface area contributed by atoms with Gasteiger partial charge in [0.1, 0.15) is 6.04 Å². The van der Waals surface area contributed by atoms with E-state index in [0.717, 1.165) is 0 Å². The fraction of sp³-hybridized carbons (Fsp3) is 0.750. The highest BCUT2D eigenvalue weighted by atomic mass is 16.2. The molecule has 0 aromatic carbocycles. The van der Waals surface area contributed by atoms with E-state index in [1.54, 1.807) is 0 Å². The van der Waals surface area contributed by atoms with Crippen molar-refractivity contribution in [2.24, 2.45) is 0 Å². The minimum absolute atomic E-state index is 0.0304. The minimum atomic E-state index is -0.265. The largest absolute Gasteiger partial charge is 0.353 e. The van der Waals surface area contributed by atoms with Gasteiger partial charge in [-0.15, -0.1) is 0 Å². The molecule has 0 aromatic rings. The van der Waals surface area contributed by atoms with Gasteiger partial charge in [0.2, 0.25) is 5.91 Å². The molecule has 4 heteroatoms. The van der Waals surface area contributed by atoms with E-state index in [-0.39, 0.29) is 18.4 Å². The summed E-state index contributed by atoms with van der Waals surface area (Å²) in [5.74, 6) is -0.0304. The first-order valence-corrected chi connectivity index (χ1v) is 4.03. The van der Waals surface area contributed by atoms with Crippen molar-refractivity contribution < 1.29 is 4.79 Å². The van der Waals surface area contributed by atoms with Crippen molar-refractivity contribution in [2.75, 3.05) is 13.6 Å². The molecule has 1 rings (SSSR count). The number of nitrogens with zero attached hydrogens (tertiary/aromatic N) is 2. The van der Waals surface area contributed by atoms with Crippen molar-refractivity contribution in [2.45, 2.75) is 25.4 Å². The van der Waals surface area contributed by atoms with E-state index in [2.05, 4.69) is 5.32 Å². The molecule has 1 amide bonds. The molecule has 4 nitrogen and oxygen atoms in total. The molecule has 1 saturated heterocycles. The van der Waals surface area contributed by atoms with Gasteiger partial charge in [0.05, 0.1) is 12.5 Å². The number of nitrogens with one attached hydrogen (secondary N) is 1. The Kier molecular flexibility index (Phi) is 2.66. The number of hydrogen-bond donors (Lipinski definition) is 1. The van der Waals surface area contributed by atoms with Gasteiger partial charge in [0, 0.05) is 12.6 Å². The second kappa shape index (κ2) is 3.55. The molecular weight excluding hydrogens is 154 g/mol. The Bertz CT molecular complexity index is 221. The lowest BCUT2D eigenvalue weighted by Gasteiger charge is -2.35. The lowest BCUT2D eigenvalue weighted by atomic mass is 10.1. The van der Waals surface area contributed by atoms with Crippen LogP contribution in [0.2, 0.25) is 0 Å². The number of carbonyl (C=O) groups is 1. The first-order valence-electron chi connectivity index (χ1n) is 4.03. The molecule has 2 unspecified atom stereocenters. The summed E-state index contributed by atoms with van der Waals surface area (Å²) >= 11 is 0. The SMILES string of the molecule is CC1CNC(=O)C(CC#N)N1C. The molecule has 1 heterocycles. The van der Waals surface area contributed by atoms with Crippen LogP contribution in [0.5, 0.6) is 0 Å². The predicted molar refractivity (Wildman–Crippen MR) is 44.3 cm³/mol. The molecule has 1 aliphatic heterocycles. The van der Waals surface area contributed by atoms with Gasteiger partial charge >= 0.3 is 0 Å². The fourth-order valence-electron chi connectivity index (χ4n) is 1.33. The van der Waals surface area contributed by atoms with Crippen LogP contribution in [0.1, 0.15) is 13.3 Å². The van der Waals surface area contributed by atoms with Crippen LogP contribution in [0.25, 0.3) is 0 Å². The highest BCUT2D eigenvalue weighted by Gasteiger charge is 2.30. The van der Waals surface area contributed by atoms with Gasteiger partial charge in [-0.25, -0.2) is 0 Å². The zero-order chi connectivity index (χ0) is 9.14. The van der Waals surface area contributed by atoms with E-state index >= 15 is 0 Å². The van der Waals surface area contributed by atoms with Crippen LogP contribution < -0.4 is 5.32 Å². The van der Waals surface area contributed by atoms with Crippen LogP contribution in [0.15, 0.2) is 0 Å². The number of hydrogen-bond acceptors (Lipinski definition) is 3. The molecular formula is C8H13N3O. The Hall–Kier alpha value is -1.08. The second-order valence-corrected chi connectivity index (χ2v) is 3.14. The van der Waals surface area contributed by atoms with Crippen molar-refractivity contribution in [3.05, 3.63) is 0 Å². The third kappa shape index (κ3) is 1.56. The lowest BCUT2D eigenvalue weighted by Crippen LogP contribution is -2.57. The average Bonchev–Trinajstić information content (AvgIpc) is 2.06. The first-order chi connectivity index (χ1) is 5.66. The van der Waals surface area contributed by atoms with E-state index in [0.29, 0.717) is 12.6 Å². The quantitative estimate of drug-likeness (QED) is 0.584. The number of rotatable bonds is 1. The van der Waals surface area contributed by atoms with Gasteiger partial charge in [-0.2, -0.15) is 5.26 Å². The van der Waals surface area contributed by atoms with Gasteiger partial charge in [-0.3, -0.25) is 9.69 Å². The van der Waals surface area contributed by atoms with Crippen LogP contribution in [0.3, 0.4) is 0 Å². The van der Waals surface area contributed by atoms with Gasteiger partial charge in [-0.1, -0.05) is 0 Å². The van der Waals surface area contributed by atoms with E-state index in [1.165, 1.54) is 0 Å². The normalized spacial score (nSPS) is 30.9. The van der Waals surface area contributed by atoms with Crippen molar-refractivity contribution in [3.63, 3.8) is 0 Å². The second-order valence-electron chi connectivity index (χ2n) is 3.14. The molecule has 0 bridgehead atoms. The molecule has 1 aliphatic rings. The van der Waals surface area contributed by atoms with Gasteiger partial charge in [-0.05, 0) is 14.0 Å². The number of likely N-dealkylation sites (N-methyl/N-ethyl adjacent to an activating group) is 1. The van der Waals surface area contributed by atoms with Gasteiger partial charge in [0.15, 0.2) is 0 Å². The Balaban J connectivity index is 2.66. The summed E-state index contributed by atoms with van der Waals surface area (Å²) in [6.07, 6.45) is 0.271. The first kappa shape index (κ1) is 9.01. The standard InChI is InChI=1S/C8H13N3O/c1-6-5-10-8(12)7(3-4-9)11(6)2/h6-7H,3,5H2,1-2H3,(H,10,12). The smallest absolute Gasteiger partial charge is 0.238 e. The molecule has 0 saturated carbocycles. The molecule has 66 valence electrons. The summed E-state index contributed by atoms with van der Waals surface area (Å²) in [5, 5.41) is 11.2. The minimum Gasteiger partial charge on any atom is -0.353 e. The molecule has 0 aromatic heterocycles.